The molecule has 3 rings (SSSR count). The van der Waals surface area contributed by atoms with Crippen LogP contribution in [-0.2, 0) is 22.6 Å². The van der Waals surface area contributed by atoms with Gasteiger partial charge in [-0.05, 0) is 23.6 Å². The number of hydrogen-bond acceptors (Lipinski definition) is 6. The van der Waals surface area contributed by atoms with Crippen molar-refractivity contribution in [2.45, 2.75) is 20.0 Å². The summed E-state index contributed by atoms with van der Waals surface area (Å²) in [6, 6.07) is 19.9. The van der Waals surface area contributed by atoms with E-state index in [4.69, 9.17) is 4.74 Å². The molecule has 0 fully saturated rings. The topological polar surface area (TPSA) is 79.0 Å². The first-order valence-corrected chi connectivity index (χ1v) is 11.6. The van der Waals surface area contributed by atoms with Gasteiger partial charge in [0.1, 0.15) is 5.00 Å². The fourth-order valence-corrected chi connectivity index (χ4v) is 4.81. The van der Waals surface area contributed by atoms with E-state index in [9.17, 15) is 14.4 Å². The zero-order chi connectivity index (χ0) is 24.7. The monoisotopic (exact) mass is 479 g/mol. The van der Waals surface area contributed by atoms with Crippen LogP contribution in [0, 0.1) is 6.92 Å². The predicted octanol–water partition coefficient (Wildman–Crippen LogP) is 4.19. The first-order chi connectivity index (χ1) is 16.3. The first kappa shape index (κ1) is 25.1. The predicted molar refractivity (Wildman–Crippen MR) is 134 cm³/mol. The third-order valence-corrected chi connectivity index (χ3v) is 6.45. The summed E-state index contributed by atoms with van der Waals surface area (Å²) in [6.45, 7) is 2.96. The van der Waals surface area contributed by atoms with Crippen molar-refractivity contribution in [3.63, 3.8) is 0 Å². The van der Waals surface area contributed by atoms with Crippen LogP contribution >= 0.6 is 11.3 Å². The maximum Gasteiger partial charge on any atom is 0.341 e. The molecule has 0 aliphatic heterocycles. The molecule has 0 aliphatic carbocycles. The zero-order valence-electron chi connectivity index (χ0n) is 19.8. The van der Waals surface area contributed by atoms with E-state index in [1.165, 1.54) is 12.0 Å². The van der Waals surface area contributed by atoms with E-state index in [2.05, 4.69) is 5.32 Å². The van der Waals surface area contributed by atoms with Crippen molar-refractivity contribution >= 4 is 34.1 Å². The molecular weight excluding hydrogens is 450 g/mol. The molecule has 1 N–H and O–H groups in total. The standard InChI is InChI=1S/C26H29N3O4S/c1-18-22(26(32)33-4)24(34-23(18)25(31)28(2)3)27-21(30)17-29(15-19-11-7-5-8-12-19)16-20-13-9-6-10-14-20/h5-14H,15-17H2,1-4H3,(H,27,30). The molecule has 8 heteroatoms. The molecule has 0 spiro atoms. The Labute approximate surface area is 204 Å². The number of carbonyl (C=O) groups excluding carboxylic acids is 3. The number of nitrogens with zero attached hydrogens (tertiary/aromatic N) is 2. The minimum Gasteiger partial charge on any atom is -0.465 e. The highest BCUT2D eigenvalue weighted by atomic mass is 32.1. The summed E-state index contributed by atoms with van der Waals surface area (Å²) in [6.07, 6.45) is 0. The highest BCUT2D eigenvalue weighted by molar-refractivity contribution is 7.18. The number of anilines is 1. The van der Waals surface area contributed by atoms with E-state index in [0.717, 1.165) is 22.5 Å². The van der Waals surface area contributed by atoms with Gasteiger partial charge in [0.25, 0.3) is 5.91 Å². The molecule has 7 nitrogen and oxygen atoms in total. The first-order valence-electron chi connectivity index (χ1n) is 10.8. The van der Waals surface area contributed by atoms with E-state index in [1.807, 2.05) is 65.6 Å². The fourth-order valence-electron chi connectivity index (χ4n) is 3.58. The van der Waals surface area contributed by atoms with Crippen molar-refractivity contribution in [3.05, 3.63) is 87.8 Å². The second-order valence-corrected chi connectivity index (χ2v) is 9.14. The number of methoxy groups -OCH3 is 1. The van der Waals surface area contributed by atoms with Crippen molar-refractivity contribution in [2.75, 3.05) is 33.1 Å². The van der Waals surface area contributed by atoms with Gasteiger partial charge in [0.15, 0.2) is 0 Å². The molecule has 2 amide bonds. The summed E-state index contributed by atoms with van der Waals surface area (Å²) in [4.78, 5) is 42.0. The molecule has 34 heavy (non-hydrogen) atoms. The number of nitrogens with one attached hydrogen (secondary N) is 1. The number of amides is 2. The van der Waals surface area contributed by atoms with Gasteiger partial charge in [0.2, 0.25) is 5.91 Å². The molecule has 2 aromatic carbocycles. The molecule has 0 bridgehead atoms. The minimum absolute atomic E-state index is 0.109. The van der Waals surface area contributed by atoms with Gasteiger partial charge in [-0.2, -0.15) is 0 Å². The summed E-state index contributed by atoms with van der Waals surface area (Å²) in [5.41, 5.74) is 2.89. The molecule has 1 aromatic heterocycles. The van der Waals surface area contributed by atoms with Crippen LogP contribution in [0.25, 0.3) is 0 Å². The highest BCUT2D eigenvalue weighted by Gasteiger charge is 2.27. The van der Waals surface area contributed by atoms with Crippen LogP contribution in [0.3, 0.4) is 0 Å². The van der Waals surface area contributed by atoms with Gasteiger partial charge in [-0.3, -0.25) is 14.5 Å². The van der Waals surface area contributed by atoms with Crippen LogP contribution in [0.1, 0.15) is 36.7 Å². The van der Waals surface area contributed by atoms with Crippen molar-refractivity contribution in [2.24, 2.45) is 0 Å². The zero-order valence-corrected chi connectivity index (χ0v) is 20.6. The molecule has 0 saturated heterocycles. The lowest BCUT2D eigenvalue weighted by Gasteiger charge is -2.22. The van der Waals surface area contributed by atoms with Gasteiger partial charge in [0.05, 0.1) is 24.1 Å². The van der Waals surface area contributed by atoms with E-state index < -0.39 is 5.97 Å². The molecule has 1 heterocycles. The third kappa shape index (κ3) is 6.30. The quantitative estimate of drug-likeness (QED) is 0.466. The average molecular weight is 480 g/mol. The average Bonchev–Trinajstić information content (AvgIpc) is 3.14. The molecular formula is C26H29N3O4S. The van der Waals surface area contributed by atoms with E-state index in [1.54, 1.807) is 21.0 Å². The summed E-state index contributed by atoms with van der Waals surface area (Å²) < 4.78 is 4.91. The Morgan fingerprint density at radius 2 is 1.44 bits per heavy atom. The van der Waals surface area contributed by atoms with Gasteiger partial charge in [-0.25, -0.2) is 4.79 Å². The normalized spacial score (nSPS) is 10.7. The van der Waals surface area contributed by atoms with Gasteiger partial charge in [0, 0.05) is 27.2 Å². The van der Waals surface area contributed by atoms with Crippen LogP contribution < -0.4 is 5.32 Å². The van der Waals surface area contributed by atoms with Gasteiger partial charge in [-0.15, -0.1) is 11.3 Å². The lowest BCUT2D eigenvalue weighted by Crippen LogP contribution is -2.32. The minimum atomic E-state index is -0.590. The van der Waals surface area contributed by atoms with E-state index in [-0.39, 0.29) is 23.9 Å². The molecule has 0 aliphatic rings. The smallest absolute Gasteiger partial charge is 0.341 e. The van der Waals surface area contributed by atoms with Crippen LogP contribution in [-0.4, -0.2) is 55.3 Å². The Kier molecular flexibility index (Phi) is 8.56. The van der Waals surface area contributed by atoms with Gasteiger partial charge < -0.3 is 15.0 Å². The molecule has 0 radical (unpaired) electrons. The Balaban J connectivity index is 1.83. The van der Waals surface area contributed by atoms with Crippen LogP contribution in [0.15, 0.2) is 60.7 Å². The number of thiophene rings is 1. The fraction of sp³-hybridized carbons (Fsp3) is 0.269. The Morgan fingerprint density at radius 3 is 1.91 bits per heavy atom. The van der Waals surface area contributed by atoms with Gasteiger partial charge in [-0.1, -0.05) is 60.7 Å². The lowest BCUT2D eigenvalue weighted by molar-refractivity contribution is -0.117. The molecule has 0 atom stereocenters. The van der Waals surface area contributed by atoms with Crippen LogP contribution in [0.4, 0.5) is 5.00 Å². The van der Waals surface area contributed by atoms with E-state index >= 15 is 0 Å². The number of carbonyl (C=O) groups is 3. The molecule has 178 valence electrons. The second kappa shape index (κ2) is 11.6. The number of esters is 1. The summed E-state index contributed by atoms with van der Waals surface area (Å²) in [5.74, 6) is -1.10. The molecule has 3 aromatic rings. The van der Waals surface area contributed by atoms with Crippen molar-refractivity contribution < 1.29 is 19.1 Å². The molecule has 0 unspecified atom stereocenters. The summed E-state index contributed by atoms with van der Waals surface area (Å²) in [7, 11) is 4.56. The largest absolute Gasteiger partial charge is 0.465 e. The maximum absolute atomic E-state index is 13.1. The number of benzene rings is 2. The van der Waals surface area contributed by atoms with Crippen molar-refractivity contribution in [1.82, 2.24) is 9.80 Å². The van der Waals surface area contributed by atoms with Crippen molar-refractivity contribution in [1.29, 1.82) is 0 Å². The van der Waals surface area contributed by atoms with Gasteiger partial charge >= 0.3 is 5.97 Å². The van der Waals surface area contributed by atoms with E-state index in [0.29, 0.717) is 28.5 Å². The maximum atomic E-state index is 13.1. The van der Waals surface area contributed by atoms with Crippen LogP contribution in [0.2, 0.25) is 0 Å². The number of rotatable bonds is 9. The highest BCUT2D eigenvalue weighted by Crippen LogP contribution is 2.34. The molecule has 0 saturated carbocycles. The SMILES string of the molecule is COC(=O)c1c(NC(=O)CN(Cc2ccccc2)Cc2ccccc2)sc(C(=O)N(C)C)c1C. The lowest BCUT2D eigenvalue weighted by atomic mass is 10.1. The Hall–Kier alpha value is -3.49. The second-order valence-electron chi connectivity index (χ2n) is 8.12. The summed E-state index contributed by atoms with van der Waals surface area (Å²) >= 11 is 1.09. The Bertz CT molecular complexity index is 1100. The number of ether oxygens (including phenoxy) is 1. The summed E-state index contributed by atoms with van der Waals surface area (Å²) in [5, 5.41) is 3.17. The van der Waals surface area contributed by atoms with Crippen LogP contribution in [0.5, 0.6) is 0 Å². The number of hydrogen-bond donors (Lipinski definition) is 1. The Morgan fingerprint density at radius 1 is 0.912 bits per heavy atom. The third-order valence-electron chi connectivity index (χ3n) is 5.25. The van der Waals surface area contributed by atoms with Crippen molar-refractivity contribution in [3.8, 4) is 0 Å².